The summed E-state index contributed by atoms with van der Waals surface area (Å²) in [4.78, 5) is 20.3. The number of amides is 1. The Morgan fingerprint density at radius 3 is 2.85 bits per heavy atom. The van der Waals surface area contributed by atoms with Crippen molar-refractivity contribution in [1.82, 2.24) is 34.7 Å². The third-order valence-corrected chi connectivity index (χ3v) is 5.74. The quantitative estimate of drug-likeness (QED) is 0.692. The third kappa shape index (κ3) is 2.98. The number of carbonyl (C=O) groups excluding carboxylic acids is 1. The first-order valence-electron chi connectivity index (χ1n) is 9.56. The molecular formula is C19H25N7O. The molecule has 0 unspecified atom stereocenters. The van der Waals surface area contributed by atoms with E-state index in [0.717, 1.165) is 42.7 Å². The number of para-hydroxylation sites is 2. The molecule has 0 saturated carbocycles. The Kier molecular flexibility index (Phi) is 4.63. The van der Waals surface area contributed by atoms with Crippen LogP contribution in [0.15, 0.2) is 30.6 Å². The van der Waals surface area contributed by atoms with Crippen molar-refractivity contribution in [2.24, 2.45) is 13.0 Å². The highest BCUT2D eigenvalue weighted by molar-refractivity contribution is 5.82. The summed E-state index contributed by atoms with van der Waals surface area (Å²) >= 11 is 0. The number of benzene rings is 1. The van der Waals surface area contributed by atoms with Gasteiger partial charge in [0.2, 0.25) is 5.91 Å². The van der Waals surface area contributed by atoms with Crippen LogP contribution in [0.2, 0.25) is 0 Å². The summed E-state index contributed by atoms with van der Waals surface area (Å²) in [5, 5.41) is 11.5. The van der Waals surface area contributed by atoms with Gasteiger partial charge in [0.1, 0.15) is 18.2 Å². The number of tetrazole rings is 1. The molecule has 142 valence electrons. The number of aromatic nitrogens is 6. The number of hydrogen-bond donors (Lipinski definition) is 0. The van der Waals surface area contributed by atoms with Gasteiger partial charge in [0.15, 0.2) is 0 Å². The van der Waals surface area contributed by atoms with Crippen molar-refractivity contribution >= 4 is 16.9 Å². The van der Waals surface area contributed by atoms with E-state index in [-0.39, 0.29) is 23.9 Å². The summed E-state index contributed by atoms with van der Waals surface area (Å²) in [6.07, 6.45) is 4.31. The largest absolute Gasteiger partial charge is 0.331 e. The molecule has 3 aromatic rings. The SMILES string of the molecule is CC[C@H](C)[C@@H](C(=O)N1CCC[C@H]1c1nc2ccccc2n1C)n1cnnn1. The summed E-state index contributed by atoms with van der Waals surface area (Å²) in [6, 6.07) is 7.69. The molecule has 8 nitrogen and oxygen atoms in total. The van der Waals surface area contributed by atoms with E-state index < -0.39 is 0 Å². The molecule has 1 aromatic carbocycles. The van der Waals surface area contributed by atoms with Gasteiger partial charge in [-0.2, -0.15) is 0 Å². The van der Waals surface area contributed by atoms with Crippen LogP contribution in [0.3, 0.4) is 0 Å². The number of likely N-dealkylation sites (tertiary alicyclic amines) is 1. The molecule has 27 heavy (non-hydrogen) atoms. The fourth-order valence-corrected chi connectivity index (χ4v) is 4.07. The number of fused-ring (bicyclic) bond motifs is 1. The Labute approximate surface area is 158 Å². The predicted octanol–water partition coefficient (Wildman–Crippen LogP) is 2.51. The van der Waals surface area contributed by atoms with E-state index in [1.54, 1.807) is 4.68 Å². The van der Waals surface area contributed by atoms with Crippen molar-refractivity contribution in [3.8, 4) is 0 Å². The number of rotatable bonds is 5. The van der Waals surface area contributed by atoms with Gasteiger partial charge in [0.05, 0.1) is 17.1 Å². The molecule has 4 rings (SSSR count). The van der Waals surface area contributed by atoms with Gasteiger partial charge in [-0.15, -0.1) is 5.10 Å². The minimum Gasteiger partial charge on any atom is -0.331 e. The van der Waals surface area contributed by atoms with Crippen molar-refractivity contribution < 1.29 is 4.79 Å². The first-order chi connectivity index (χ1) is 13.1. The standard InChI is InChI=1S/C19H25N7O/c1-4-13(2)17(26-12-20-22-23-26)19(27)25-11-7-10-16(25)18-21-14-8-5-6-9-15(14)24(18)3/h5-6,8-9,12-13,16-17H,4,7,10-11H2,1-3H3/t13-,16-,17-/m0/s1. The van der Waals surface area contributed by atoms with Crippen LogP contribution in [0.4, 0.5) is 0 Å². The molecule has 2 aromatic heterocycles. The molecule has 0 radical (unpaired) electrons. The molecule has 0 spiro atoms. The lowest BCUT2D eigenvalue weighted by Crippen LogP contribution is -2.40. The maximum atomic E-state index is 13.5. The molecule has 3 heterocycles. The number of imidazole rings is 1. The average molecular weight is 367 g/mol. The Hall–Kier alpha value is -2.77. The minimum absolute atomic E-state index is 0.0158. The number of hydrogen-bond acceptors (Lipinski definition) is 5. The topological polar surface area (TPSA) is 81.7 Å². The van der Waals surface area contributed by atoms with Crippen LogP contribution in [-0.4, -0.2) is 47.1 Å². The van der Waals surface area contributed by atoms with Gasteiger partial charge in [0.25, 0.3) is 0 Å². The second kappa shape index (κ2) is 7.09. The Morgan fingerprint density at radius 1 is 1.33 bits per heavy atom. The van der Waals surface area contributed by atoms with E-state index in [1.807, 2.05) is 30.1 Å². The van der Waals surface area contributed by atoms with Crippen molar-refractivity contribution in [2.45, 2.75) is 45.2 Å². The van der Waals surface area contributed by atoms with E-state index in [0.29, 0.717) is 0 Å². The maximum Gasteiger partial charge on any atom is 0.248 e. The van der Waals surface area contributed by atoms with Crippen LogP contribution in [0.5, 0.6) is 0 Å². The highest BCUT2D eigenvalue weighted by Gasteiger charge is 2.39. The van der Waals surface area contributed by atoms with Crippen molar-refractivity contribution in [3.05, 3.63) is 36.4 Å². The number of nitrogens with zero attached hydrogens (tertiary/aromatic N) is 7. The Balaban J connectivity index is 1.69. The van der Waals surface area contributed by atoms with Crippen LogP contribution in [0, 0.1) is 5.92 Å². The van der Waals surface area contributed by atoms with Crippen molar-refractivity contribution in [3.63, 3.8) is 0 Å². The minimum atomic E-state index is -0.389. The van der Waals surface area contributed by atoms with Crippen LogP contribution >= 0.6 is 0 Å². The monoisotopic (exact) mass is 367 g/mol. The van der Waals surface area contributed by atoms with Crippen LogP contribution in [-0.2, 0) is 11.8 Å². The fraction of sp³-hybridized carbons (Fsp3) is 0.526. The molecular weight excluding hydrogens is 342 g/mol. The van der Waals surface area contributed by atoms with Gasteiger partial charge in [-0.3, -0.25) is 4.79 Å². The first-order valence-corrected chi connectivity index (χ1v) is 9.56. The summed E-state index contributed by atoms with van der Waals surface area (Å²) in [7, 11) is 2.03. The second-order valence-electron chi connectivity index (χ2n) is 7.33. The fourth-order valence-electron chi connectivity index (χ4n) is 4.07. The summed E-state index contributed by atoms with van der Waals surface area (Å²) in [5.41, 5.74) is 2.05. The molecule has 1 fully saturated rings. The lowest BCUT2D eigenvalue weighted by molar-refractivity contribution is -0.138. The molecule has 8 heteroatoms. The van der Waals surface area contributed by atoms with Crippen LogP contribution in [0.1, 0.15) is 51.0 Å². The molecule has 0 bridgehead atoms. The normalized spacial score (nSPS) is 19.5. The highest BCUT2D eigenvalue weighted by atomic mass is 16.2. The zero-order chi connectivity index (χ0) is 19.0. The van der Waals surface area contributed by atoms with Gasteiger partial charge < -0.3 is 9.47 Å². The average Bonchev–Trinajstić information content (AvgIpc) is 3.42. The summed E-state index contributed by atoms with van der Waals surface area (Å²) in [6.45, 7) is 4.90. The number of aryl methyl sites for hydroxylation is 1. The van der Waals surface area contributed by atoms with Crippen molar-refractivity contribution in [2.75, 3.05) is 6.54 Å². The van der Waals surface area contributed by atoms with Gasteiger partial charge in [0, 0.05) is 13.6 Å². The Bertz CT molecular complexity index is 933. The molecule has 1 saturated heterocycles. The Morgan fingerprint density at radius 2 is 2.15 bits per heavy atom. The lowest BCUT2D eigenvalue weighted by atomic mass is 9.97. The zero-order valence-electron chi connectivity index (χ0n) is 16.0. The smallest absolute Gasteiger partial charge is 0.248 e. The molecule has 0 N–H and O–H groups in total. The third-order valence-electron chi connectivity index (χ3n) is 5.74. The van der Waals surface area contributed by atoms with E-state index >= 15 is 0 Å². The van der Waals surface area contributed by atoms with Gasteiger partial charge in [-0.25, -0.2) is 9.67 Å². The number of carbonyl (C=O) groups is 1. The molecule has 0 aliphatic carbocycles. The maximum absolute atomic E-state index is 13.5. The van der Waals surface area contributed by atoms with Crippen LogP contribution < -0.4 is 0 Å². The molecule has 3 atom stereocenters. The van der Waals surface area contributed by atoms with Gasteiger partial charge >= 0.3 is 0 Å². The summed E-state index contributed by atoms with van der Waals surface area (Å²) in [5.74, 6) is 1.16. The summed E-state index contributed by atoms with van der Waals surface area (Å²) < 4.78 is 3.71. The van der Waals surface area contributed by atoms with Crippen molar-refractivity contribution in [1.29, 1.82) is 0 Å². The lowest BCUT2D eigenvalue weighted by Gasteiger charge is -2.30. The van der Waals surface area contributed by atoms with E-state index in [2.05, 4.69) is 40.0 Å². The molecule has 1 aliphatic heterocycles. The van der Waals surface area contributed by atoms with E-state index in [9.17, 15) is 4.79 Å². The van der Waals surface area contributed by atoms with Crippen LogP contribution in [0.25, 0.3) is 11.0 Å². The second-order valence-corrected chi connectivity index (χ2v) is 7.33. The van der Waals surface area contributed by atoms with E-state index in [4.69, 9.17) is 4.98 Å². The molecule has 1 amide bonds. The zero-order valence-corrected chi connectivity index (χ0v) is 16.0. The molecule has 1 aliphatic rings. The van der Waals surface area contributed by atoms with E-state index in [1.165, 1.54) is 6.33 Å². The van der Waals surface area contributed by atoms with Gasteiger partial charge in [-0.1, -0.05) is 32.4 Å². The predicted molar refractivity (Wildman–Crippen MR) is 101 cm³/mol. The first kappa shape index (κ1) is 17.6. The van der Waals surface area contributed by atoms with Gasteiger partial charge in [-0.05, 0) is 41.3 Å². The highest BCUT2D eigenvalue weighted by Crippen LogP contribution is 2.36.